The minimum atomic E-state index is 0.337. The number of anilines is 1. The highest BCUT2D eigenvalue weighted by atomic mass is 79.9. The number of benzene rings is 3. The molecule has 122 valence electrons. The fraction of sp³-hybridized carbons (Fsp3) is 0.0526. The zero-order valence-electron chi connectivity index (χ0n) is 13.2. The number of nitrogen functional groups attached to an aromatic ring is 1. The maximum absolute atomic E-state index is 9.07. The van der Waals surface area contributed by atoms with E-state index in [9.17, 15) is 0 Å². The molecule has 4 nitrogen and oxygen atoms in total. The highest BCUT2D eigenvalue weighted by Gasteiger charge is 1.96. The lowest BCUT2D eigenvalue weighted by molar-refractivity contribution is 0.470. The summed E-state index contributed by atoms with van der Waals surface area (Å²) in [5, 5.41) is 17.2. The van der Waals surface area contributed by atoms with Crippen molar-refractivity contribution in [3.63, 3.8) is 0 Å². The summed E-state index contributed by atoms with van der Waals surface area (Å²) in [6.45, 7) is 1.86. The van der Waals surface area contributed by atoms with Gasteiger partial charge < -0.3 is 10.8 Å². The number of phenols is 1. The molecule has 3 aromatic rings. The van der Waals surface area contributed by atoms with Gasteiger partial charge >= 0.3 is 0 Å². The quantitative estimate of drug-likeness (QED) is 0.411. The van der Waals surface area contributed by atoms with E-state index >= 15 is 0 Å². The molecule has 3 aromatic carbocycles. The van der Waals surface area contributed by atoms with Crippen molar-refractivity contribution in [1.29, 1.82) is 0 Å². The second kappa shape index (κ2) is 8.84. The summed E-state index contributed by atoms with van der Waals surface area (Å²) >= 11 is 3.29. The van der Waals surface area contributed by atoms with E-state index in [1.165, 1.54) is 0 Å². The van der Waals surface area contributed by atoms with Gasteiger partial charge in [-0.05, 0) is 55.5 Å². The van der Waals surface area contributed by atoms with Crippen LogP contribution in [0.1, 0.15) is 5.56 Å². The van der Waals surface area contributed by atoms with Crippen LogP contribution in [0.5, 0.6) is 5.75 Å². The Labute approximate surface area is 149 Å². The van der Waals surface area contributed by atoms with Crippen molar-refractivity contribution in [3.8, 4) is 5.75 Å². The third kappa shape index (κ3) is 5.52. The molecule has 0 atom stereocenters. The van der Waals surface area contributed by atoms with Gasteiger partial charge in [-0.25, -0.2) is 0 Å². The van der Waals surface area contributed by atoms with E-state index in [2.05, 4.69) is 26.2 Å². The normalized spacial score (nSPS) is 10.2. The summed E-state index contributed by atoms with van der Waals surface area (Å²) in [5.41, 5.74) is 8.82. The summed E-state index contributed by atoms with van der Waals surface area (Å²) < 4.78 is 0.947. The van der Waals surface area contributed by atoms with E-state index < -0.39 is 0 Å². The summed E-state index contributed by atoms with van der Waals surface area (Å²) in [6.07, 6.45) is 0. The van der Waals surface area contributed by atoms with Gasteiger partial charge in [0.2, 0.25) is 0 Å². The Morgan fingerprint density at radius 1 is 0.792 bits per heavy atom. The van der Waals surface area contributed by atoms with Gasteiger partial charge in [0.1, 0.15) is 5.75 Å². The summed E-state index contributed by atoms with van der Waals surface area (Å²) in [7, 11) is 0. The maximum atomic E-state index is 9.07. The van der Waals surface area contributed by atoms with Crippen LogP contribution < -0.4 is 5.73 Å². The van der Waals surface area contributed by atoms with Crippen LogP contribution in [-0.2, 0) is 0 Å². The van der Waals surface area contributed by atoms with Gasteiger partial charge in [0.25, 0.3) is 0 Å². The SMILES string of the molecule is Cc1c(O)cccc1Br.Nc1ccc(N=Nc2ccccc2)cc1. The number of nitrogens with two attached hydrogens (primary N) is 1. The molecule has 5 heteroatoms. The molecule has 0 spiro atoms. The van der Waals surface area contributed by atoms with E-state index in [1.54, 1.807) is 24.3 Å². The lowest BCUT2D eigenvalue weighted by Gasteiger charge is -1.97. The molecule has 0 fully saturated rings. The lowest BCUT2D eigenvalue weighted by Crippen LogP contribution is -1.80. The topological polar surface area (TPSA) is 71.0 Å². The Hall–Kier alpha value is -2.66. The van der Waals surface area contributed by atoms with Crippen LogP contribution in [0.4, 0.5) is 17.1 Å². The molecular formula is C19H18BrN3O. The first-order valence-corrected chi connectivity index (χ1v) is 8.12. The highest BCUT2D eigenvalue weighted by molar-refractivity contribution is 9.10. The first-order valence-electron chi connectivity index (χ1n) is 7.32. The molecule has 3 rings (SSSR count). The molecule has 0 aliphatic rings. The number of hydrogen-bond acceptors (Lipinski definition) is 4. The number of azo groups is 1. The predicted octanol–water partition coefficient (Wildman–Crippen LogP) is 6.15. The van der Waals surface area contributed by atoms with Gasteiger partial charge in [-0.1, -0.05) is 40.2 Å². The Morgan fingerprint density at radius 2 is 1.38 bits per heavy atom. The van der Waals surface area contributed by atoms with Crippen molar-refractivity contribution < 1.29 is 5.11 Å². The second-order valence-corrected chi connectivity index (χ2v) is 5.87. The molecular weight excluding hydrogens is 366 g/mol. The molecule has 0 aromatic heterocycles. The van der Waals surface area contributed by atoms with Crippen molar-refractivity contribution in [1.82, 2.24) is 0 Å². The minimum Gasteiger partial charge on any atom is -0.508 e. The smallest absolute Gasteiger partial charge is 0.119 e. The molecule has 0 aliphatic carbocycles. The van der Waals surface area contributed by atoms with Crippen LogP contribution >= 0.6 is 15.9 Å². The van der Waals surface area contributed by atoms with Gasteiger partial charge in [-0.15, -0.1) is 0 Å². The molecule has 24 heavy (non-hydrogen) atoms. The molecule has 0 saturated heterocycles. The number of hydrogen-bond donors (Lipinski definition) is 2. The van der Waals surface area contributed by atoms with Crippen molar-refractivity contribution in [3.05, 3.63) is 82.8 Å². The first-order chi connectivity index (χ1) is 11.6. The minimum absolute atomic E-state index is 0.337. The maximum Gasteiger partial charge on any atom is 0.119 e. The average molecular weight is 384 g/mol. The van der Waals surface area contributed by atoms with Gasteiger partial charge in [-0.2, -0.15) is 10.2 Å². The Morgan fingerprint density at radius 3 is 1.92 bits per heavy atom. The summed E-state index contributed by atoms with van der Waals surface area (Å²) in [6, 6.07) is 22.3. The largest absolute Gasteiger partial charge is 0.508 e. The van der Waals surface area contributed by atoms with Gasteiger partial charge in [0, 0.05) is 15.7 Å². The van der Waals surface area contributed by atoms with Crippen LogP contribution in [0.3, 0.4) is 0 Å². The number of aromatic hydroxyl groups is 1. The van der Waals surface area contributed by atoms with Gasteiger partial charge in [0.15, 0.2) is 0 Å². The zero-order valence-corrected chi connectivity index (χ0v) is 14.8. The predicted molar refractivity (Wildman–Crippen MR) is 102 cm³/mol. The van der Waals surface area contributed by atoms with Crippen molar-refractivity contribution in [2.24, 2.45) is 10.2 Å². The lowest BCUT2D eigenvalue weighted by atomic mass is 10.2. The zero-order chi connectivity index (χ0) is 17.4. The molecule has 0 unspecified atom stereocenters. The Kier molecular flexibility index (Phi) is 6.51. The summed E-state index contributed by atoms with van der Waals surface area (Å²) in [4.78, 5) is 0. The third-order valence-electron chi connectivity index (χ3n) is 3.17. The van der Waals surface area contributed by atoms with E-state index in [-0.39, 0.29) is 0 Å². The molecule has 0 heterocycles. The number of halogens is 1. The van der Waals surface area contributed by atoms with E-state index in [1.807, 2.05) is 55.5 Å². The molecule has 0 amide bonds. The van der Waals surface area contributed by atoms with Crippen LogP contribution in [0.15, 0.2) is 87.5 Å². The Bertz CT molecular complexity index is 782. The molecule has 3 N–H and O–H groups in total. The Balaban J connectivity index is 0.000000198. The fourth-order valence-corrected chi connectivity index (χ4v) is 2.10. The number of rotatable bonds is 2. The van der Waals surface area contributed by atoms with Crippen molar-refractivity contribution in [2.75, 3.05) is 5.73 Å². The number of phenolic OH excluding ortho intramolecular Hbond substituents is 1. The van der Waals surface area contributed by atoms with Crippen LogP contribution in [0, 0.1) is 6.92 Å². The monoisotopic (exact) mass is 383 g/mol. The molecule has 0 radical (unpaired) electrons. The van der Waals surface area contributed by atoms with Crippen molar-refractivity contribution >= 4 is 33.0 Å². The van der Waals surface area contributed by atoms with E-state index in [0.29, 0.717) is 5.75 Å². The molecule has 0 bridgehead atoms. The van der Waals surface area contributed by atoms with Crippen LogP contribution in [0.2, 0.25) is 0 Å². The standard InChI is InChI=1S/C12H11N3.C7H7BrO/c13-10-6-8-12(9-7-10)15-14-11-4-2-1-3-5-11;1-5-6(8)3-2-4-7(5)9/h1-9H,13H2;2-4,9H,1H3. The van der Waals surface area contributed by atoms with E-state index in [4.69, 9.17) is 10.8 Å². The third-order valence-corrected chi connectivity index (χ3v) is 4.03. The highest BCUT2D eigenvalue weighted by Crippen LogP contribution is 2.23. The van der Waals surface area contributed by atoms with Crippen LogP contribution in [-0.4, -0.2) is 5.11 Å². The van der Waals surface area contributed by atoms with Crippen molar-refractivity contribution in [2.45, 2.75) is 6.92 Å². The van der Waals surface area contributed by atoms with Gasteiger partial charge in [0.05, 0.1) is 11.4 Å². The molecule has 0 saturated carbocycles. The second-order valence-electron chi connectivity index (χ2n) is 5.01. The molecule has 0 aliphatic heterocycles. The average Bonchev–Trinajstić information content (AvgIpc) is 2.61. The summed E-state index contributed by atoms with van der Waals surface area (Å²) in [5.74, 6) is 0.337. The first kappa shape index (κ1) is 17.7. The van der Waals surface area contributed by atoms with Crippen LogP contribution in [0.25, 0.3) is 0 Å². The number of nitrogens with zero attached hydrogens (tertiary/aromatic N) is 2. The van der Waals surface area contributed by atoms with E-state index in [0.717, 1.165) is 27.1 Å². The van der Waals surface area contributed by atoms with Gasteiger partial charge in [-0.3, -0.25) is 0 Å². The fourth-order valence-electron chi connectivity index (χ4n) is 1.75.